The molecule has 1 aliphatic heterocycles. The monoisotopic (exact) mass is 347 g/mol. The Kier molecular flexibility index (Phi) is 7.40. The SMILES string of the molecule is CCN(C)Cc1cccc(CNC(=O)[C@H]2CC(=O)N(CCOC)C2)c1. The van der Waals surface area contributed by atoms with Gasteiger partial charge < -0.3 is 19.9 Å². The number of nitrogens with zero attached hydrogens (tertiary/aromatic N) is 2. The number of ether oxygens (including phenoxy) is 1. The highest BCUT2D eigenvalue weighted by Crippen LogP contribution is 2.18. The van der Waals surface area contributed by atoms with Gasteiger partial charge in [-0.05, 0) is 24.7 Å². The number of carbonyl (C=O) groups excluding carboxylic acids is 2. The van der Waals surface area contributed by atoms with Crippen LogP contribution in [0.2, 0.25) is 0 Å². The molecule has 0 aromatic heterocycles. The van der Waals surface area contributed by atoms with Gasteiger partial charge in [-0.15, -0.1) is 0 Å². The number of likely N-dealkylation sites (tertiary alicyclic amines) is 1. The van der Waals surface area contributed by atoms with E-state index in [1.807, 2.05) is 12.1 Å². The third-order valence-electron chi connectivity index (χ3n) is 4.60. The fraction of sp³-hybridized carbons (Fsp3) is 0.579. The molecule has 2 amide bonds. The van der Waals surface area contributed by atoms with Gasteiger partial charge in [0.25, 0.3) is 0 Å². The maximum absolute atomic E-state index is 12.4. The third kappa shape index (κ3) is 5.83. The number of methoxy groups -OCH3 is 1. The largest absolute Gasteiger partial charge is 0.383 e. The van der Waals surface area contributed by atoms with Crippen molar-refractivity contribution >= 4 is 11.8 Å². The zero-order chi connectivity index (χ0) is 18.2. The van der Waals surface area contributed by atoms with Crippen LogP contribution in [0.4, 0.5) is 0 Å². The molecular formula is C19H29N3O3. The Morgan fingerprint density at radius 3 is 2.88 bits per heavy atom. The Morgan fingerprint density at radius 1 is 1.40 bits per heavy atom. The molecule has 1 aliphatic rings. The Morgan fingerprint density at radius 2 is 2.16 bits per heavy atom. The molecule has 2 rings (SSSR count). The van der Waals surface area contributed by atoms with Gasteiger partial charge in [-0.3, -0.25) is 9.59 Å². The molecule has 0 saturated carbocycles. The predicted octanol–water partition coefficient (Wildman–Crippen LogP) is 1.25. The normalized spacial score (nSPS) is 17.4. The van der Waals surface area contributed by atoms with E-state index in [1.165, 1.54) is 5.56 Å². The van der Waals surface area contributed by atoms with Crippen LogP contribution in [0.15, 0.2) is 24.3 Å². The van der Waals surface area contributed by atoms with Crippen molar-refractivity contribution in [2.75, 3.05) is 40.4 Å². The Bertz CT molecular complexity index is 591. The number of amides is 2. The maximum atomic E-state index is 12.4. The molecule has 138 valence electrons. The van der Waals surface area contributed by atoms with E-state index in [-0.39, 0.29) is 24.2 Å². The second-order valence-corrected chi connectivity index (χ2v) is 6.60. The molecule has 1 fully saturated rings. The lowest BCUT2D eigenvalue weighted by atomic mass is 10.1. The Labute approximate surface area is 150 Å². The number of nitrogens with one attached hydrogen (secondary N) is 1. The number of carbonyl (C=O) groups is 2. The second-order valence-electron chi connectivity index (χ2n) is 6.60. The van der Waals surface area contributed by atoms with Gasteiger partial charge >= 0.3 is 0 Å². The summed E-state index contributed by atoms with van der Waals surface area (Å²) in [6.07, 6.45) is 0.289. The zero-order valence-corrected chi connectivity index (χ0v) is 15.5. The van der Waals surface area contributed by atoms with E-state index < -0.39 is 0 Å². The zero-order valence-electron chi connectivity index (χ0n) is 15.5. The van der Waals surface area contributed by atoms with Crippen LogP contribution in [0.1, 0.15) is 24.5 Å². The van der Waals surface area contributed by atoms with Crippen molar-refractivity contribution < 1.29 is 14.3 Å². The molecule has 0 spiro atoms. The minimum Gasteiger partial charge on any atom is -0.383 e. The van der Waals surface area contributed by atoms with Crippen molar-refractivity contribution in [3.05, 3.63) is 35.4 Å². The molecule has 0 bridgehead atoms. The van der Waals surface area contributed by atoms with Crippen LogP contribution >= 0.6 is 0 Å². The standard InChI is InChI=1S/C19H29N3O3/c1-4-21(2)13-16-7-5-6-15(10-16)12-20-19(24)17-11-18(23)22(14-17)8-9-25-3/h5-7,10,17H,4,8-9,11-14H2,1-3H3,(H,20,24)/t17-/m0/s1. The summed E-state index contributed by atoms with van der Waals surface area (Å²) < 4.78 is 5.00. The van der Waals surface area contributed by atoms with E-state index in [1.54, 1.807) is 12.0 Å². The smallest absolute Gasteiger partial charge is 0.225 e. The number of hydrogen-bond acceptors (Lipinski definition) is 4. The average Bonchev–Trinajstić information content (AvgIpc) is 2.99. The first-order valence-electron chi connectivity index (χ1n) is 8.84. The number of benzene rings is 1. The van der Waals surface area contributed by atoms with Crippen LogP contribution in [-0.4, -0.2) is 62.0 Å². The molecule has 0 unspecified atom stereocenters. The van der Waals surface area contributed by atoms with Gasteiger partial charge in [-0.25, -0.2) is 0 Å². The van der Waals surface area contributed by atoms with E-state index in [0.717, 1.165) is 18.7 Å². The minimum absolute atomic E-state index is 0.0294. The highest BCUT2D eigenvalue weighted by molar-refractivity contribution is 5.89. The van der Waals surface area contributed by atoms with E-state index in [9.17, 15) is 9.59 Å². The van der Waals surface area contributed by atoms with Gasteiger partial charge in [0.15, 0.2) is 0 Å². The quantitative estimate of drug-likeness (QED) is 0.730. The Hall–Kier alpha value is -1.92. The van der Waals surface area contributed by atoms with Crippen LogP contribution in [-0.2, 0) is 27.4 Å². The second kappa shape index (κ2) is 9.53. The third-order valence-corrected chi connectivity index (χ3v) is 4.60. The van der Waals surface area contributed by atoms with E-state index in [4.69, 9.17) is 4.74 Å². The fourth-order valence-corrected chi connectivity index (χ4v) is 2.96. The summed E-state index contributed by atoms with van der Waals surface area (Å²) >= 11 is 0. The Balaban J connectivity index is 1.84. The summed E-state index contributed by atoms with van der Waals surface area (Å²) in [5.41, 5.74) is 2.31. The summed E-state index contributed by atoms with van der Waals surface area (Å²) in [5, 5.41) is 2.97. The van der Waals surface area contributed by atoms with E-state index in [2.05, 4.69) is 36.3 Å². The molecule has 25 heavy (non-hydrogen) atoms. The van der Waals surface area contributed by atoms with Crippen molar-refractivity contribution in [2.45, 2.75) is 26.4 Å². The molecular weight excluding hydrogens is 318 g/mol. The summed E-state index contributed by atoms with van der Waals surface area (Å²) in [5.74, 6) is -0.287. The summed E-state index contributed by atoms with van der Waals surface area (Å²) in [6, 6.07) is 8.25. The minimum atomic E-state index is -0.265. The van der Waals surface area contributed by atoms with Crippen LogP contribution in [0, 0.1) is 5.92 Å². The van der Waals surface area contributed by atoms with Crippen molar-refractivity contribution in [3.63, 3.8) is 0 Å². The molecule has 1 saturated heterocycles. The molecule has 0 radical (unpaired) electrons. The van der Waals surface area contributed by atoms with Crippen molar-refractivity contribution in [1.29, 1.82) is 0 Å². The topological polar surface area (TPSA) is 61.9 Å². The first-order chi connectivity index (χ1) is 12.0. The summed E-state index contributed by atoms with van der Waals surface area (Å²) in [4.78, 5) is 28.2. The van der Waals surface area contributed by atoms with Crippen LogP contribution < -0.4 is 5.32 Å². The molecule has 1 N–H and O–H groups in total. The summed E-state index contributed by atoms with van der Waals surface area (Å²) in [7, 11) is 3.69. The first kappa shape index (κ1) is 19.4. The van der Waals surface area contributed by atoms with E-state index >= 15 is 0 Å². The predicted molar refractivity (Wildman–Crippen MR) is 96.9 cm³/mol. The number of hydrogen-bond donors (Lipinski definition) is 1. The molecule has 1 heterocycles. The van der Waals surface area contributed by atoms with Gasteiger partial charge in [0.1, 0.15) is 0 Å². The lowest BCUT2D eigenvalue weighted by Gasteiger charge is -2.16. The molecule has 1 aromatic rings. The lowest BCUT2D eigenvalue weighted by Crippen LogP contribution is -2.33. The van der Waals surface area contributed by atoms with Crippen LogP contribution in [0.3, 0.4) is 0 Å². The van der Waals surface area contributed by atoms with Crippen molar-refractivity contribution in [2.24, 2.45) is 5.92 Å². The van der Waals surface area contributed by atoms with Gasteiger partial charge in [0.2, 0.25) is 11.8 Å². The van der Waals surface area contributed by atoms with Crippen molar-refractivity contribution in [3.8, 4) is 0 Å². The molecule has 0 aliphatic carbocycles. The number of rotatable bonds is 9. The van der Waals surface area contributed by atoms with Gasteiger partial charge in [-0.2, -0.15) is 0 Å². The molecule has 1 atom stereocenters. The molecule has 1 aromatic carbocycles. The van der Waals surface area contributed by atoms with Crippen LogP contribution in [0.5, 0.6) is 0 Å². The van der Waals surface area contributed by atoms with Gasteiger partial charge in [0, 0.05) is 39.7 Å². The van der Waals surface area contributed by atoms with Crippen LogP contribution in [0.25, 0.3) is 0 Å². The maximum Gasteiger partial charge on any atom is 0.225 e. The lowest BCUT2D eigenvalue weighted by molar-refractivity contribution is -0.129. The summed E-state index contributed by atoms with van der Waals surface area (Å²) in [6.45, 7) is 6.04. The van der Waals surface area contributed by atoms with Gasteiger partial charge in [-0.1, -0.05) is 31.2 Å². The first-order valence-corrected chi connectivity index (χ1v) is 8.84. The van der Waals surface area contributed by atoms with Gasteiger partial charge in [0.05, 0.1) is 12.5 Å². The highest BCUT2D eigenvalue weighted by atomic mass is 16.5. The van der Waals surface area contributed by atoms with E-state index in [0.29, 0.717) is 26.2 Å². The molecule has 6 nitrogen and oxygen atoms in total. The highest BCUT2D eigenvalue weighted by Gasteiger charge is 2.33. The van der Waals surface area contributed by atoms with Crippen molar-refractivity contribution in [1.82, 2.24) is 15.1 Å². The fourth-order valence-electron chi connectivity index (χ4n) is 2.96. The molecule has 6 heteroatoms. The average molecular weight is 347 g/mol.